The average molecular weight is 356 g/mol. The van der Waals surface area contributed by atoms with E-state index in [4.69, 9.17) is 4.74 Å². The van der Waals surface area contributed by atoms with Crippen molar-refractivity contribution >= 4 is 16.8 Å². The summed E-state index contributed by atoms with van der Waals surface area (Å²) in [6.07, 6.45) is 3.57. The second-order valence-electron chi connectivity index (χ2n) is 5.73. The van der Waals surface area contributed by atoms with Crippen LogP contribution >= 0.6 is 0 Å². The minimum absolute atomic E-state index is 0.0764. The highest BCUT2D eigenvalue weighted by molar-refractivity contribution is 5.78. The van der Waals surface area contributed by atoms with Gasteiger partial charge in [-0.3, -0.25) is 14.2 Å². The van der Waals surface area contributed by atoms with Crippen molar-refractivity contribution < 1.29 is 9.53 Å². The number of benzene rings is 1. The molecule has 0 radical (unpaired) electrons. The highest BCUT2D eigenvalue weighted by Crippen LogP contribution is 2.04. The number of para-hydroxylation sites is 1. The molecule has 0 atom stereocenters. The van der Waals surface area contributed by atoms with E-state index >= 15 is 0 Å². The first kappa shape index (κ1) is 17.7. The van der Waals surface area contributed by atoms with E-state index in [1.165, 1.54) is 10.9 Å². The summed E-state index contributed by atoms with van der Waals surface area (Å²) in [7, 11) is 1.63. The highest BCUT2D eigenvalue weighted by atomic mass is 16.5. The van der Waals surface area contributed by atoms with Crippen molar-refractivity contribution in [1.29, 1.82) is 0 Å². The van der Waals surface area contributed by atoms with Crippen LogP contribution in [-0.2, 0) is 29.0 Å². The van der Waals surface area contributed by atoms with E-state index in [-0.39, 0.29) is 18.0 Å². The number of hydrogen-bond donors (Lipinski definition) is 1. The molecule has 0 unspecified atom stereocenters. The van der Waals surface area contributed by atoms with Gasteiger partial charge in [0.15, 0.2) is 0 Å². The Hall–Kier alpha value is -3.07. The maximum Gasteiger partial charge on any atom is 0.261 e. The van der Waals surface area contributed by atoms with Crippen LogP contribution in [0.3, 0.4) is 0 Å². The maximum absolute atomic E-state index is 12.4. The van der Waals surface area contributed by atoms with Crippen molar-refractivity contribution in [2.24, 2.45) is 0 Å². The predicted octanol–water partition coefficient (Wildman–Crippen LogP) is -0.00670. The number of carbonyl (C=O) groups excluding carboxylic acids is 1. The Labute approximate surface area is 149 Å². The number of methoxy groups -OCH3 is 1. The largest absolute Gasteiger partial charge is 0.383 e. The minimum Gasteiger partial charge on any atom is -0.383 e. The van der Waals surface area contributed by atoms with Crippen LogP contribution in [0.5, 0.6) is 0 Å². The molecule has 26 heavy (non-hydrogen) atoms. The average Bonchev–Trinajstić information content (AvgIpc) is 3.10. The second-order valence-corrected chi connectivity index (χ2v) is 5.73. The van der Waals surface area contributed by atoms with Crippen LogP contribution in [0.1, 0.15) is 5.82 Å². The lowest BCUT2D eigenvalue weighted by atomic mass is 10.2. The summed E-state index contributed by atoms with van der Waals surface area (Å²) in [5, 5.41) is 11.2. The molecule has 1 aromatic carbocycles. The van der Waals surface area contributed by atoms with Crippen molar-refractivity contribution in [2.75, 3.05) is 20.3 Å². The van der Waals surface area contributed by atoms with Crippen molar-refractivity contribution in [2.45, 2.75) is 19.5 Å². The summed E-state index contributed by atoms with van der Waals surface area (Å²) in [6.45, 7) is 1.55. The Balaban J connectivity index is 1.56. The standard InChI is InChI=1S/C17H20N6O3/c1-26-9-8-22-12-20-21-15(22)6-7-18-16(24)10-23-11-19-14-5-3-2-4-13(14)17(23)25/h2-5,11-12H,6-10H2,1H3,(H,18,24). The molecule has 2 heterocycles. The fourth-order valence-corrected chi connectivity index (χ4v) is 2.59. The number of aromatic nitrogens is 5. The van der Waals surface area contributed by atoms with Gasteiger partial charge in [-0.1, -0.05) is 12.1 Å². The maximum atomic E-state index is 12.4. The van der Waals surface area contributed by atoms with Crippen molar-refractivity contribution in [1.82, 2.24) is 29.6 Å². The van der Waals surface area contributed by atoms with Crippen LogP contribution in [0, 0.1) is 0 Å². The van der Waals surface area contributed by atoms with Gasteiger partial charge in [0.05, 0.1) is 23.8 Å². The van der Waals surface area contributed by atoms with Crippen LogP contribution in [0.25, 0.3) is 10.9 Å². The first-order chi connectivity index (χ1) is 12.7. The fourth-order valence-electron chi connectivity index (χ4n) is 2.59. The van der Waals surface area contributed by atoms with E-state index in [1.54, 1.807) is 31.6 Å². The summed E-state index contributed by atoms with van der Waals surface area (Å²) < 4.78 is 8.22. The molecule has 3 rings (SSSR count). The lowest BCUT2D eigenvalue weighted by molar-refractivity contribution is -0.121. The Kier molecular flexibility index (Phi) is 5.69. The summed E-state index contributed by atoms with van der Waals surface area (Å²) in [4.78, 5) is 28.7. The van der Waals surface area contributed by atoms with E-state index in [2.05, 4.69) is 20.5 Å². The normalized spacial score (nSPS) is 11.0. The van der Waals surface area contributed by atoms with E-state index in [0.717, 1.165) is 5.82 Å². The van der Waals surface area contributed by atoms with Crippen LogP contribution in [0.4, 0.5) is 0 Å². The van der Waals surface area contributed by atoms with E-state index in [1.807, 2.05) is 10.6 Å². The minimum atomic E-state index is -0.257. The number of amides is 1. The van der Waals surface area contributed by atoms with Crippen molar-refractivity contribution in [3.63, 3.8) is 0 Å². The molecule has 9 nitrogen and oxygen atoms in total. The molecule has 0 saturated carbocycles. The number of nitrogens with one attached hydrogen (secondary N) is 1. The van der Waals surface area contributed by atoms with Gasteiger partial charge in [-0.05, 0) is 12.1 Å². The van der Waals surface area contributed by atoms with Gasteiger partial charge in [-0.15, -0.1) is 10.2 Å². The number of fused-ring (bicyclic) bond motifs is 1. The van der Waals surface area contributed by atoms with Gasteiger partial charge in [0.25, 0.3) is 5.56 Å². The first-order valence-electron chi connectivity index (χ1n) is 8.25. The smallest absolute Gasteiger partial charge is 0.261 e. The monoisotopic (exact) mass is 356 g/mol. The van der Waals surface area contributed by atoms with Crippen molar-refractivity contribution in [3.8, 4) is 0 Å². The first-order valence-corrected chi connectivity index (χ1v) is 8.25. The highest BCUT2D eigenvalue weighted by Gasteiger charge is 2.09. The second kappa shape index (κ2) is 8.34. The Morgan fingerprint density at radius 3 is 2.92 bits per heavy atom. The van der Waals surface area contributed by atoms with E-state index in [9.17, 15) is 9.59 Å². The molecular weight excluding hydrogens is 336 g/mol. The molecule has 0 saturated heterocycles. The predicted molar refractivity (Wildman–Crippen MR) is 94.6 cm³/mol. The zero-order valence-electron chi connectivity index (χ0n) is 14.5. The topological polar surface area (TPSA) is 104 Å². The molecule has 0 bridgehead atoms. The van der Waals surface area contributed by atoms with Gasteiger partial charge in [0.2, 0.25) is 5.91 Å². The van der Waals surface area contributed by atoms with E-state index in [0.29, 0.717) is 37.0 Å². The quantitative estimate of drug-likeness (QED) is 0.609. The lowest BCUT2D eigenvalue weighted by Crippen LogP contribution is -2.33. The summed E-state index contributed by atoms with van der Waals surface area (Å²) in [6, 6.07) is 7.06. The molecule has 0 aliphatic rings. The number of hydrogen-bond acceptors (Lipinski definition) is 6. The van der Waals surface area contributed by atoms with Crippen LogP contribution in [-0.4, -0.2) is 50.5 Å². The van der Waals surface area contributed by atoms with Crippen LogP contribution in [0.2, 0.25) is 0 Å². The number of carbonyl (C=O) groups is 1. The molecule has 0 spiro atoms. The molecule has 0 fully saturated rings. The molecule has 136 valence electrons. The van der Waals surface area contributed by atoms with Gasteiger partial charge in [-0.25, -0.2) is 4.98 Å². The third kappa shape index (κ3) is 4.12. The zero-order valence-corrected chi connectivity index (χ0v) is 14.5. The Bertz CT molecular complexity index is 949. The van der Waals surface area contributed by atoms with Gasteiger partial charge in [-0.2, -0.15) is 0 Å². The molecule has 3 aromatic rings. The van der Waals surface area contributed by atoms with Gasteiger partial charge in [0.1, 0.15) is 18.7 Å². The summed E-state index contributed by atoms with van der Waals surface area (Å²) in [5.74, 6) is 0.513. The molecular formula is C17H20N6O3. The summed E-state index contributed by atoms with van der Waals surface area (Å²) in [5.41, 5.74) is 0.384. The molecule has 1 amide bonds. The fraction of sp³-hybridized carbons (Fsp3) is 0.353. The van der Waals surface area contributed by atoms with Crippen LogP contribution in [0.15, 0.2) is 41.7 Å². The summed E-state index contributed by atoms with van der Waals surface area (Å²) >= 11 is 0. The molecule has 9 heteroatoms. The van der Waals surface area contributed by atoms with Gasteiger partial charge in [0, 0.05) is 26.6 Å². The SMILES string of the molecule is COCCn1cnnc1CCNC(=O)Cn1cnc2ccccc2c1=O. The van der Waals surface area contributed by atoms with Gasteiger partial charge < -0.3 is 14.6 Å². The lowest BCUT2D eigenvalue weighted by Gasteiger charge is -2.09. The third-order valence-electron chi connectivity index (χ3n) is 3.95. The zero-order chi connectivity index (χ0) is 18.4. The van der Waals surface area contributed by atoms with Crippen molar-refractivity contribution in [3.05, 3.63) is 53.1 Å². The Morgan fingerprint density at radius 2 is 2.08 bits per heavy atom. The Morgan fingerprint density at radius 1 is 1.23 bits per heavy atom. The molecule has 1 N–H and O–H groups in total. The van der Waals surface area contributed by atoms with E-state index < -0.39 is 0 Å². The molecule has 2 aromatic heterocycles. The number of rotatable bonds is 8. The number of nitrogens with zero attached hydrogens (tertiary/aromatic N) is 5. The number of ether oxygens (including phenoxy) is 1. The van der Waals surface area contributed by atoms with Crippen LogP contribution < -0.4 is 10.9 Å². The molecule has 0 aliphatic carbocycles. The van der Waals surface area contributed by atoms with Gasteiger partial charge >= 0.3 is 0 Å². The third-order valence-corrected chi connectivity index (χ3v) is 3.95. The molecule has 0 aliphatic heterocycles.